The van der Waals surface area contributed by atoms with Crippen LogP contribution in [-0.2, 0) is 12.4 Å². The van der Waals surface area contributed by atoms with Crippen molar-refractivity contribution >= 4 is 22.6 Å². The summed E-state index contributed by atoms with van der Waals surface area (Å²) in [6.45, 7) is 5.91. The molecule has 0 aliphatic rings. The first kappa shape index (κ1) is 13.2. The van der Waals surface area contributed by atoms with Gasteiger partial charge in [0.05, 0.1) is 18.0 Å². The molecule has 0 unspecified atom stereocenters. The van der Waals surface area contributed by atoms with Crippen LogP contribution in [0.25, 0.3) is 11.0 Å². The van der Waals surface area contributed by atoms with Crippen LogP contribution in [0.15, 0.2) is 18.2 Å². The van der Waals surface area contributed by atoms with Gasteiger partial charge in [0.1, 0.15) is 17.1 Å². The Morgan fingerprint density at radius 3 is 2.78 bits per heavy atom. The molecule has 4 heteroatoms. The van der Waals surface area contributed by atoms with E-state index in [9.17, 15) is 0 Å². The van der Waals surface area contributed by atoms with Crippen LogP contribution in [0.3, 0.4) is 0 Å². The second kappa shape index (κ2) is 6.10. The SMILES string of the molecule is CCCOc1cccc2c1nc(CCl)n2CCC. The van der Waals surface area contributed by atoms with Gasteiger partial charge in [-0.2, -0.15) is 0 Å². The zero-order valence-electron chi connectivity index (χ0n) is 10.9. The van der Waals surface area contributed by atoms with Gasteiger partial charge in [0.15, 0.2) is 0 Å². The monoisotopic (exact) mass is 266 g/mol. The van der Waals surface area contributed by atoms with E-state index in [1.807, 2.05) is 12.1 Å². The van der Waals surface area contributed by atoms with Crippen LogP contribution < -0.4 is 4.74 Å². The van der Waals surface area contributed by atoms with E-state index in [0.29, 0.717) is 5.88 Å². The van der Waals surface area contributed by atoms with Crippen molar-refractivity contribution in [2.75, 3.05) is 6.61 Å². The van der Waals surface area contributed by atoms with Crippen molar-refractivity contribution in [1.29, 1.82) is 0 Å². The van der Waals surface area contributed by atoms with Crippen molar-refractivity contribution in [3.8, 4) is 5.75 Å². The van der Waals surface area contributed by atoms with Gasteiger partial charge in [-0.1, -0.05) is 19.9 Å². The number of halogens is 1. The van der Waals surface area contributed by atoms with Gasteiger partial charge in [-0.15, -0.1) is 11.6 Å². The molecular formula is C14H19ClN2O. The maximum Gasteiger partial charge on any atom is 0.147 e. The average Bonchev–Trinajstić information content (AvgIpc) is 2.76. The summed E-state index contributed by atoms with van der Waals surface area (Å²) in [5.74, 6) is 2.21. The van der Waals surface area contributed by atoms with Crippen LogP contribution in [0.4, 0.5) is 0 Å². The summed E-state index contributed by atoms with van der Waals surface area (Å²) in [5.41, 5.74) is 2.04. The van der Waals surface area contributed by atoms with E-state index in [-0.39, 0.29) is 0 Å². The van der Waals surface area contributed by atoms with E-state index < -0.39 is 0 Å². The highest BCUT2D eigenvalue weighted by molar-refractivity contribution is 6.16. The maximum atomic E-state index is 5.97. The van der Waals surface area contributed by atoms with E-state index in [0.717, 1.165) is 48.6 Å². The fraction of sp³-hybridized carbons (Fsp3) is 0.500. The fourth-order valence-corrected chi connectivity index (χ4v) is 2.28. The summed E-state index contributed by atoms with van der Waals surface area (Å²) in [6, 6.07) is 6.06. The van der Waals surface area contributed by atoms with Crippen LogP contribution in [0, 0.1) is 0 Å². The molecule has 2 aromatic rings. The Bertz CT molecular complexity index is 522. The molecule has 2 rings (SSSR count). The molecule has 0 saturated carbocycles. The number of para-hydroxylation sites is 1. The van der Waals surface area contributed by atoms with Crippen molar-refractivity contribution in [1.82, 2.24) is 9.55 Å². The molecule has 1 aromatic heterocycles. The van der Waals surface area contributed by atoms with Gasteiger partial charge in [-0.25, -0.2) is 4.98 Å². The summed E-state index contributed by atoms with van der Waals surface area (Å²) in [4.78, 5) is 4.61. The third-order valence-electron chi connectivity index (χ3n) is 2.85. The zero-order chi connectivity index (χ0) is 13.0. The summed E-state index contributed by atoms with van der Waals surface area (Å²) < 4.78 is 7.92. The molecule has 0 aliphatic heterocycles. The van der Waals surface area contributed by atoms with E-state index in [4.69, 9.17) is 16.3 Å². The summed E-state index contributed by atoms with van der Waals surface area (Å²) in [7, 11) is 0. The number of imidazole rings is 1. The number of hydrogen-bond acceptors (Lipinski definition) is 2. The fourth-order valence-electron chi connectivity index (χ4n) is 2.07. The average molecular weight is 267 g/mol. The van der Waals surface area contributed by atoms with E-state index in [1.54, 1.807) is 0 Å². The molecule has 0 N–H and O–H groups in total. The molecule has 0 radical (unpaired) electrons. The number of ether oxygens (including phenoxy) is 1. The molecule has 0 saturated heterocycles. The Morgan fingerprint density at radius 1 is 1.28 bits per heavy atom. The Kier molecular flexibility index (Phi) is 4.48. The molecule has 1 aromatic carbocycles. The highest BCUT2D eigenvalue weighted by atomic mass is 35.5. The summed E-state index contributed by atoms with van der Waals surface area (Å²) in [5, 5.41) is 0. The normalized spacial score (nSPS) is 11.1. The van der Waals surface area contributed by atoms with Gasteiger partial charge >= 0.3 is 0 Å². The lowest BCUT2D eigenvalue weighted by Gasteiger charge is -2.07. The standard InChI is InChI=1S/C14H19ClN2O/c1-3-8-17-11-6-5-7-12(18-9-4-2)14(11)16-13(17)10-15/h5-7H,3-4,8-10H2,1-2H3. The number of benzene rings is 1. The minimum atomic E-state index is 0.432. The van der Waals surface area contributed by atoms with Crippen LogP contribution in [0.2, 0.25) is 0 Å². The number of aryl methyl sites for hydroxylation is 1. The van der Waals surface area contributed by atoms with Crippen molar-refractivity contribution in [2.45, 2.75) is 39.1 Å². The van der Waals surface area contributed by atoms with Crippen LogP contribution >= 0.6 is 11.6 Å². The molecule has 98 valence electrons. The van der Waals surface area contributed by atoms with Crippen molar-refractivity contribution < 1.29 is 4.74 Å². The molecular weight excluding hydrogens is 248 g/mol. The Balaban J connectivity index is 2.49. The van der Waals surface area contributed by atoms with E-state index in [2.05, 4.69) is 29.5 Å². The Hall–Kier alpha value is -1.22. The van der Waals surface area contributed by atoms with Gasteiger partial charge in [0.2, 0.25) is 0 Å². The van der Waals surface area contributed by atoms with Crippen LogP contribution in [0.1, 0.15) is 32.5 Å². The van der Waals surface area contributed by atoms with Gasteiger partial charge in [0, 0.05) is 6.54 Å². The minimum absolute atomic E-state index is 0.432. The van der Waals surface area contributed by atoms with Gasteiger partial charge in [-0.3, -0.25) is 0 Å². The van der Waals surface area contributed by atoms with Crippen LogP contribution in [-0.4, -0.2) is 16.2 Å². The largest absolute Gasteiger partial charge is 0.491 e. The lowest BCUT2D eigenvalue weighted by atomic mass is 10.3. The molecule has 0 amide bonds. The van der Waals surface area contributed by atoms with Gasteiger partial charge in [0.25, 0.3) is 0 Å². The quantitative estimate of drug-likeness (QED) is 0.740. The van der Waals surface area contributed by atoms with Gasteiger partial charge in [-0.05, 0) is 25.0 Å². The lowest BCUT2D eigenvalue weighted by Crippen LogP contribution is -2.01. The number of hydrogen-bond donors (Lipinski definition) is 0. The molecule has 0 aliphatic carbocycles. The highest BCUT2D eigenvalue weighted by Crippen LogP contribution is 2.27. The second-order valence-corrected chi connectivity index (χ2v) is 4.55. The number of fused-ring (bicyclic) bond motifs is 1. The number of rotatable bonds is 6. The summed E-state index contributed by atoms with van der Waals surface area (Å²) in [6.07, 6.45) is 2.06. The molecule has 0 atom stereocenters. The lowest BCUT2D eigenvalue weighted by molar-refractivity contribution is 0.320. The Labute approximate surface area is 113 Å². The molecule has 18 heavy (non-hydrogen) atoms. The van der Waals surface area contributed by atoms with E-state index >= 15 is 0 Å². The first-order valence-corrected chi connectivity index (χ1v) is 7.02. The molecule has 0 spiro atoms. The second-order valence-electron chi connectivity index (χ2n) is 4.29. The smallest absolute Gasteiger partial charge is 0.147 e. The molecule has 3 nitrogen and oxygen atoms in total. The highest BCUT2D eigenvalue weighted by Gasteiger charge is 2.12. The first-order chi connectivity index (χ1) is 8.81. The topological polar surface area (TPSA) is 27.1 Å². The van der Waals surface area contributed by atoms with Crippen molar-refractivity contribution in [3.05, 3.63) is 24.0 Å². The molecule has 0 bridgehead atoms. The van der Waals surface area contributed by atoms with Gasteiger partial charge < -0.3 is 9.30 Å². The zero-order valence-corrected chi connectivity index (χ0v) is 11.7. The summed E-state index contributed by atoms with van der Waals surface area (Å²) >= 11 is 5.97. The minimum Gasteiger partial charge on any atom is -0.491 e. The molecule has 0 fully saturated rings. The van der Waals surface area contributed by atoms with Crippen LogP contribution in [0.5, 0.6) is 5.75 Å². The third-order valence-corrected chi connectivity index (χ3v) is 3.09. The number of aromatic nitrogens is 2. The Morgan fingerprint density at radius 2 is 2.11 bits per heavy atom. The first-order valence-electron chi connectivity index (χ1n) is 6.48. The predicted octanol–water partition coefficient (Wildman–Crippen LogP) is 3.97. The maximum absolute atomic E-state index is 5.97. The number of alkyl halides is 1. The van der Waals surface area contributed by atoms with E-state index in [1.165, 1.54) is 0 Å². The van der Waals surface area contributed by atoms with Crippen molar-refractivity contribution in [3.63, 3.8) is 0 Å². The molecule has 1 heterocycles. The third kappa shape index (κ3) is 2.46. The number of nitrogens with zero attached hydrogens (tertiary/aromatic N) is 2. The van der Waals surface area contributed by atoms with Crippen molar-refractivity contribution in [2.24, 2.45) is 0 Å². The predicted molar refractivity (Wildman–Crippen MR) is 75.4 cm³/mol.